The zero-order valence-corrected chi connectivity index (χ0v) is 21.1. The minimum absolute atomic E-state index is 0.0459. The fraction of sp³-hybridized carbons (Fsp3) is 0.240. The van der Waals surface area contributed by atoms with Crippen LogP contribution in [0.3, 0.4) is 0 Å². The zero-order valence-electron chi connectivity index (χ0n) is 19.5. The monoisotopic (exact) mass is 527 g/mol. The third-order valence-corrected chi connectivity index (χ3v) is 6.61. The minimum Gasteiger partial charge on any atom is -0.508 e. The Morgan fingerprint density at radius 1 is 1.00 bits per heavy atom. The maximum atomic E-state index is 12.8. The number of ether oxygens (including phenoxy) is 1. The number of hydrogen-bond donors (Lipinski definition) is 3. The van der Waals surface area contributed by atoms with Crippen LogP contribution in [-0.4, -0.2) is 51.7 Å². The Labute approximate surface area is 217 Å². The summed E-state index contributed by atoms with van der Waals surface area (Å²) >= 11 is 6.58. The number of thiocarbonyl (C=S) groups is 1. The van der Waals surface area contributed by atoms with Crippen molar-refractivity contribution in [1.82, 2.24) is 15.8 Å². The molecule has 0 aromatic heterocycles. The summed E-state index contributed by atoms with van der Waals surface area (Å²) in [4.78, 5) is 50.3. The molecule has 11 heteroatoms. The topological polar surface area (TPSA) is 125 Å². The number of nitrogens with zero attached hydrogens (tertiary/aromatic N) is 1. The average Bonchev–Trinajstić information content (AvgIpc) is 3.14. The van der Waals surface area contributed by atoms with Crippen molar-refractivity contribution in [2.75, 3.05) is 13.7 Å². The van der Waals surface area contributed by atoms with Gasteiger partial charge in [0.05, 0.1) is 17.6 Å². The van der Waals surface area contributed by atoms with Crippen molar-refractivity contribution in [2.24, 2.45) is 0 Å². The zero-order chi connectivity index (χ0) is 26.1. The van der Waals surface area contributed by atoms with Crippen molar-refractivity contribution in [3.05, 3.63) is 70.1 Å². The lowest BCUT2D eigenvalue weighted by molar-refractivity contribution is -0.123. The largest absolute Gasteiger partial charge is 0.508 e. The van der Waals surface area contributed by atoms with E-state index in [-0.39, 0.29) is 24.0 Å². The number of nitrogens with one attached hydrogen (secondary N) is 2. The molecule has 0 saturated carbocycles. The Balaban J connectivity index is 1.38. The van der Waals surface area contributed by atoms with E-state index in [2.05, 4.69) is 15.6 Å². The van der Waals surface area contributed by atoms with Gasteiger partial charge in [-0.15, -0.1) is 0 Å². The van der Waals surface area contributed by atoms with E-state index in [1.54, 1.807) is 35.2 Å². The van der Waals surface area contributed by atoms with Crippen molar-refractivity contribution in [3.63, 3.8) is 0 Å². The van der Waals surface area contributed by atoms with Crippen LogP contribution in [0, 0.1) is 0 Å². The van der Waals surface area contributed by atoms with Gasteiger partial charge in [0, 0.05) is 18.5 Å². The van der Waals surface area contributed by atoms with Crippen LogP contribution >= 0.6 is 24.0 Å². The van der Waals surface area contributed by atoms with E-state index in [9.17, 15) is 24.3 Å². The number of esters is 1. The van der Waals surface area contributed by atoms with E-state index >= 15 is 0 Å². The van der Waals surface area contributed by atoms with Crippen LogP contribution in [0.2, 0.25) is 0 Å². The number of carbonyl (C=O) groups excluding carboxylic acids is 4. The molecular formula is C25H25N3O6S2. The molecule has 36 heavy (non-hydrogen) atoms. The molecule has 188 valence electrons. The average molecular weight is 528 g/mol. The Bertz CT molecular complexity index is 1180. The first kappa shape index (κ1) is 26.9. The summed E-state index contributed by atoms with van der Waals surface area (Å²) in [5, 5.41) is 9.25. The normalized spacial score (nSPS) is 14.1. The summed E-state index contributed by atoms with van der Waals surface area (Å²) < 4.78 is 5.16. The second-order valence-electron chi connectivity index (χ2n) is 7.81. The highest BCUT2D eigenvalue weighted by atomic mass is 32.2. The van der Waals surface area contributed by atoms with Crippen LogP contribution in [-0.2, 0) is 14.3 Å². The third kappa shape index (κ3) is 7.40. The number of unbranched alkanes of at least 4 members (excludes halogenated alkanes) is 2. The molecule has 1 fully saturated rings. The van der Waals surface area contributed by atoms with Crippen LogP contribution in [0.4, 0.5) is 0 Å². The Kier molecular flexibility index (Phi) is 9.60. The number of phenols is 1. The molecule has 3 rings (SSSR count). The molecule has 2 aromatic carbocycles. The molecule has 0 radical (unpaired) electrons. The number of rotatable bonds is 9. The van der Waals surface area contributed by atoms with Gasteiger partial charge in [-0.1, -0.05) is 42.5 Å². The van der Waals surface area contributed by atoms with Gasteiger partial charge in [-0.05, 0) is 60.9 Å². The van der Waals surface area contributed by atoms with Gasteiger partial charge in [0.15, 0.2) is 0 Å². The highest BCUT2D eigenvalue weighted by Crippen LogP contribution is 2.32. The van der Waals surface area contributed by atoms with Crippen LogP contribution in [0.5, 0.6) is 5.75 Å². The lowest BCUT2D eigenvalue weighted by Gasteiger charge is -2.14. The molecule has 9 nitrogen and oxygen atoms in total. The van der Waals surface area contributed by atoms with Gasteiger partial charge in [-0.2, -0.15) is 0 Å². The number of hydrazine groups is 1. The van der Waals surface area contributed by atoms with E-state index in [0.29, 0.717) is 46.2 Å². The van der Waals surface area contributed by atoms with E-state index in [4.69, 9.17) is 12.2 Å². The molecule has 2 aromatic rings. The van der Waals surface area contributed by atoms with Crippen molar-refractivity contribution >= 4 is 58.1 Å². The van der Waals surface area contributed by atoms with Crippen molar-refractivity contribution < 1.29 is 29.0 Å². The SMILES string of the molecule is COC(=O)c1ccc(/C=C2\SC(=S)N(CCCCCC(=O)NNC(=O)c3ccc(O)cc3)C2=O)cc1. The molecule has 3 N–H and O–H groups in total. The quantitative estimate of drug-likeness (QED) is 0.149. The maximum absolute atomic E-state index is 12.8. The van der Waals surface area contributed by atoms with Gasteiger partial charge in [-0.25, -0.2) is 4.79 Å². The number of phenolic OH excluding ortho intramolecular Hbond substituents is 1. The Morgan fingerprint density at radius 3 is 2.33 bits per heavy atom. The number of amides is 3. The molecule has 1 saturated heterocycles. The highest BCUT2D eigenvalue weighted by Gasteiger charge is 2.31. The van der Waals surface area contributed by atoms with Crippen molar-refractivity contribution in [1.29, 1.82) is 0 Å². The van der Waals surface area contributed by atoms with E-state index in [1.807, 2.05) is 0 Å². The molecule has 1 heterocycles. The van der Waals surface area contributed by atoms with Gasteiger partial charge in [0.25, 0.3) is 11.8 Å². The Hall–Kier alpha value is -3.70. The number of methoxy groups -OCH3 is 1. The Morgan fingerprint density at radius 2 is 1.67 bits per heavy atom. The number of hydrogen-bond acceptors (Lipinski definition) is 8. The maximum Gasteiger partial charge on any atom is 0.337 e. The number of carbonyl (C=O) groups is 4. The molecule has 0 aliphatic carbocycles. The molecule has 0 unspecified atom stereocenters. The molecule has 0 atom stereocenters. The molecule has 0 bridgehead atoms. The van der Waals surface area contributed by atoms with Gasteiger partial charge in [0.2, 0.25) is 5.91 Å². The highest BCUT2D eigenvalue weighted by molar-refractivity contribution is 8.26. The fourth-order valence-electron chi connectivity index (χ4n) is 3.28. The van der Waals surface area contributed by atoms with Crippen molar-refractivity contribution in [3.8, 4) is 5.75 Å². The number of benzene rings is 2. The lowest BCUT2D eigenvalue weighted by atomic mass is 10.1. The smallest absolute Gasteiger partial charge is 0.337 e. The number of aromatic hydroxyl groups is 1. The van der Waals surface area contributed by atoms with E-state index < -0.39 is 11.9 Å². The third-order valence-electron chi connectivity index (χ3n) is 5.23. The summed E-state index contributed by atoms with van der Waals surface area (Å²) in [5.74, 6) is -1.36. The number of thioether (sulfide) groups is 1. The molecule has 3 amide bonds. The van der Waals surface area contributed by atoms with Gasteiger partial charge in [0.1, 0.15) is 10.1 Å². The van der Waals surface area contributed by atoms with Gasteiger partial charge >= 0.3 is 5.97 Å². The summed E-state index contributed by atoms with van der Waals surface area (Å²) in [5.41, 5.74) is 6.20. The summed E-state index contributed by atoms with van der Waals surface area (Å²) in [6, 6.07) is 12.4. The fourth-order valence-corrected chi connectivity index (χ4v) is 4.59. The molecular weight excluding hydrogens is 502 g/mol. The van der Waals surface area contributed by atoms with Crippen LogP contribution < -0.4 is 10.9 Å². The van der Waals surface area contributed by atoms with Crippen LogP contribution in [0.1, 0.15) is 52.0 Å². The van der Waals surface area contributed by atoms with Crippen LogP contribution in [0.25, 0.3) is 6.08 Å². The minimum atomic E-state index is -0.481. The summed E-state index contributed by atoms with van der Waals surface area (Å²) in [7, 11) is 1.32. The summed E-state index contributed by atoms with van der Waals surface area (Å²) in [6.45, 7) is 0.447. The first-order chi connectivity index (χ1) is 17.3. The molecule has 1 aliphatic heterocycles. The van der Waals surface area contributed by atoms with Crippen LogP contribution in [0.15, 0.2) is 53.4 Å². The summed E-state index contributed by atoms with van der Waals surface area (Å²) in [6.07, 6.45) is 3.90. The first-order valence-corrected chi connectivity index (χ1v) is 12.3. The first-order valence-electron chi connectivity index (χ1n) is 11.1. The second-order valence-corrected chi connectivity index (χ2v) is 9.48. The van der Waals surface area contributed by atoms with Gasteiger partial charge in [-0.3, -0.25) is 30.1 Å². The predicted molar refractivity (Wildman–Crippen MR) is 140 cm³/mol. The van der Waals surface area contributed by atoms with Crippen molar-refractivity contribution in [2.45, 2.75) is 25.7 Å². The lowest BCUT2D eigenvalue weighted by Crippen LogP contribution is -2.41. The predicted octanol–water partition coefficient (Wildman–Crippen LogP) is 3.40. The second kappa shape index (κ2) is 12.8. The van der Waals surface area contributed by atoms with E-state index in [1.165, 1.54) is 43.1 Å². The van der Waals surface area contributed by atoms with E-state index in [0.717, 1.165) is 5.56 Å². The standard InChI is InChI=1S/C25H25N3O6S2/c1-34-24(33)18-8-6-16(7-9-18)15-20-23(32)28(25(35)36-20)14-4-2-3-5-21(30)26-27-22(31)17-10-12-19(29)13-11-17/h6-13,15,29H,2-5,14H2,1H3,(H,26,30)(H,27,31)/b20-15-. The van der Waals surface area contributed by atoms with Gasteiger partial charge < -0.3 is 9.84 Å². The molecule has 1 aliphatic rings. The molecule has 0 spiro atoms.